The number of nitrogens with zero attached hydrogens (tertiary/aromatic N) is 2. The van der Waals surface area contributed by atoms with Gasteiger partial charge >= 0.3 is 116 Å². The number of carboxylic acids is 2. The molecule has 438 valence electrons. The van der Waals surface area contributed by atoms with Crippen molar-refractivity contribution in [3.05, 3.63) is 274 Å². The van der Waals surface area contributed by atoms with E-state index < -0.39 is 41.0 Å². The number of carbonyl (C=O) groups is 5. The molecule has 2 heterocycles. The molecule has 0 atom stereocenters. The second kappa shape index (κ2) is 33.8. The maximum Gasteiger partial charge on any atom is 1.00 e. The summed E-state index contributed by atoms with van der Waals surface area (Å²) in [5.41, 5.74) is 9.10. The molecule has 0 spiro atoms. The maximum atomic E-state index is 14.0. The SMILES string of the molecule is CCC(=O)c1ccc(-c2ccccc2F)cc1.Cc1c(-c2ccc(-c3ccccc3F)cc2)nc2ccc(F)cc2c1C(=O)O.Cc1c(-c2ccc(-c3ccccc3F)cc2)nc2ccc(F)cc2c1C(=O)[O-].O=C1Cc2ccc(F)cc2C1=O.[K+].[Na+].[Na+].[OH-].[OH-]. The fourth-order valence-electron chi connectivity index (χ4n) is 9.82. The number of aromatic carboxylic acids is 2. The molecule has 0 amide bonds. The van der Waals surface area contributed by atoms with Crippen LogP contribution in [0.2, 0.25) is 0 Å². The molecule has 11 aromatic rings. The Balaban J connectivity index is 0.000000263. The van der Waals surface area contributed by atoms with Crippen LogP contribution in [0.1, 0.15) is 71.5 Å². The van der Waals surface area contributed by atoms with Crippen molar-refractivity contribution in [1.82, 2.24) is 9.97 Å². The van der Waals surface area contributed by atoms with E-state index in [-0.39, 0.29) is 179 Å². The van der Waals surface area contributed by atoms with E-state index in [9.17, 15) is 60.5 Å². The van der Waals surface area contributed by atoms with E-state index in [0.717, 1.165) is 17.7 Å². The summed E-state index contributed by atoms with van der Waals surface area (Å²) in [5, 5.41) is 21.8. The average molecular weight is 1260 g/mol. The summed E-state index contributed by atoms with van der Waals surface area (Å²) in [6, 6.07) is 52.3. The monoisotopic (exact) mass is 1260 g/mol. The number of carboxylic acid groups (broad SMARTS) is 2. The van der Waals surface area contributed by atoms with Crippen molar-refractivity contribution >= 4 is 51.1 Å². The zero-order valence-electron chi connectivity index (χ0n) is 49.4. The van der Waals surface area contributed by atoms with Crippen LogP contribution in [0.5, 0.6) is 0 Å². The summed E-state index contributed by atoms with van der Waals surface area (Å²) < 4.78 is 81.4. The van der Waals surface area contributed by atoms with Crippen LogP contribution in [-0.2, 0) is 11.2 Å². The standard InChI is InChI=1S/2C23H15F2NO2.C15H13FO.C9H5FO2.K.2Na.2H2O/c2*1-13-21(23(27)28)18-12-16(24)10-11-20(18)26-22(13)15-8-6-14(7-9-15)17-4-2-3-5-19(17)25;1-2-15(17)12-9-7-11(8-10-12)13-5-3-4-6-14(13)16;10-6-2-1-5-3-8(11)9(12)7(5)4-6;;;;;/h2*2-12H,1H3,(H,27,28);3-10H,2H2,1H3;1-2,4H,3H2;;;;2*1H2/q;;;;3*+1;;/p-3. The summed E-state index contributed by atoms with van der Waals surface area (Å²) in [7, 11) is 0. The first-order chi connectivity index (χ1) is 40.8. The van der Waals surface area contributed by atoms with Gasteiger partial charge in [0.05, 0.1) is 34.0 Å². The number of pyridine rings is 2. The van der Waals surface area contributed by atoms with Gasteiger partial charge in [-0.15, -0.1) is 0 Å². The Morgan fingerprint density at radius 2 is 0.833 bits per heavy atom. The Labute approximate surface area is 599 Å². The number of ketones is 3. The van der Waals surface area contributed by atoms with Gasteiger partial charge in [-0.2, -0.15) is 0 Å². The molecule has 3 N–H and O–H groups in total. The predicted molar refractivity (Wildman–Crippen MR) is 316 cm³/mol. The molecule has 2 aromatic heterocycles. The third-order valence-corrected chi connectivity index (χ3v) is 14.1. The summed E-state index contributed by atoms with van der Waals surface area (Å²) in [4.78, 5) is 65.9. The van der Waals surface area contributed by atoms with Crippen LogP contribution in [0.15, 0.2) is 200 Å². The van der Waals surface area contributed by atoms with Crippen LogP contribution in [0.3, 0.4) is 0 Å². The molecule has 0 aliphatic heterocycles. The van der Waals surface area contributed by atoms with Gasteiger partial charge in [-0.05, 0) is 114 Å². The molecular formula is C70H49F6KN2Na2O9. The van der Waals surface area contributed by atoms with Gasteiger partial charge in [0.15, 0.2) is 5.78 Å². The zero-order chi connectivity index (χ0) is 60.6. The van der Waals surface area contributed by atoms with Gasteiger partial charge < -0.3 is 26.0 Å². The molecule has 0 fully saturated rings. The van der Waals surface area contributed by atoms with Crippen molar-refractivity contribution in [2.24, 2.45) is 0 Å². The van der Waals surface area contributed by atoms with Crippen LogP contribution < -0.4 is 116 Å². The van der Waals surface area contributed by atoms with E-state index in [2.05, 4.69) is 9.97 Å². The summed E-state index contributed by atoms with van der Waals surface area (Å²) >= 11 is 0. The largest absolute Gasteiger partial charge is 1.00 e. The maximum absolute atomic E-state index is 14.0. The second-order valence-corrected chi connectivity index (χ2v) is 19.5. The number of hydrogen-bond donors (Lipinski definition) is 1. The molecule has 0 unspecified atom stereocenters. The Bertz CT molecular complexity index is 4250. The van der Waals surface area contributed by atoms with Gasteiger partial charge in [-0.1, -0.05) is 140 Å². The quantitative estimate of drug-likeness (QED) is 0.0738. The van der Waals surface area contributed by atoms with Crippen LogP contribution in [0.25, 0.3) is 77.7 Å². The van der Waals surface area contributed by atoms with Crippen molar-refractivity contribution in [3.8, 4) is 55.9 Å². The third kappa shape index (κ3) is 17.3. The van der Waals surface area contributed by atoms with E-state index >= 15 is 0 Å². The first kappa shape index (κ1) is 75.3. The minimum Gasteiger partial charge on any atom is -0.870 e. The molecule has 11 nitrogen and oxygen atoms in total. The molecule has 1 aliphatic rings. The van der Waals surface area contributed by atoms with E-state index in [1.807, 2.05) is 6.92 Å². The molecular weight excluding hydrogens is 1210 g/mol. The Morgan fingerprint density at radius 3 is 1.22 bits per heavy atom. The average Bonchev–Trinajstić information content (AvgIpc) is 1.16. The van der Waals surface area contributed by atoms with E-state index in [4.69, 9.17) is 0 Å². The fraction of sp³-hybridized carbons (Fsp3) is 0.0714. The predicted octanol–water partition coefficient (Wildman–Crippen LogP) is 6.25. The normalized spacial score (nSPS) is 10.8. The number of fused-ring (bicyclic) bond motifs is 3. The fourth-order valence-corrected chi connectivity index (χ4v) is 9.82. The van der Waals surface area contributed by atoms with Gasteiger partial charge in [-0.3, -0.25) is 14.4 Å². The van der Waals surface area contributed by atoms with Crippen LogP contribution in [0.4, 0.5) is 26.3 Å². The van der Waals surface area contributed by atoms with Crippen molar-refractivity contribution in [2.75, 3.05) is 0 Å². The first-order valence-electron chi connectivity index (χ1n) is 26.4. The van der Waals surface area contributed by atoms with Gasteiger partial charge in [0.1, 0.15) is 34.9 Å². The number of carbonyl (C=O) groups excluding carboxylic acids is 4. The Hall–Kier alpha value is -7.11. The molecule has 90 heavy (non-hydrogen) atoms. The van der Waals surface area contributed by atoms with Crippen molar-refractivity contribution < 1.29 is 182 Å². The number of rotatable bonds is 9. The summed E-state index contributed by atoms with van der Waals surface area (Å²) in [6.45, 7) is 5.09. The minimum absolute atomic E-state index is 0. The van der Waals surface area contributed by atoms with Crippen molar-refractivity contribution in [3.63, 3.8) is 0 Å². The molecule has 0 radical (unpaired) electrons. The number of hydrogen-bond acceptors (Lipinski definition) is 10. The van der Waals surface area contributed by atoms with Gasteiger partial charge in [0.2, 0.25) is 11.6 Å². The van der Waals surface area contributed by atoms with Crippen LogP contribution >= 0.6 is 0 Å². The third-order valence-electron chi connectivity index (χ3n) is 14.1. The Kier molecular flexibility index (Phi) is 28.3. The number of benzene rings is 9. The molecule has 9 aromatic carbocycles. The van der Waals surface area contributed by atoms with Gasteiger partial charge in [0.25, 0.3) is 0 Å². The number of Topliss-reactive ketones (excluding diaryl/α,β-unsaturated/α-hetero) is 3. The summed E-state index contributed by atoms with van der Waals surface area (Å²) in [5.74, 6) is -5.86. The zero-order valence-corrected chi connectivity index (χ0v) is 56.5. The van der Waals surface area contributed by atoms with E-state index in [1.54, 1.807) is 141 Å². The second-order valence-electron chi connectivity index (χ2n) is 19.5. The van der Waals surface area contributed by atoms with E-state index in [1.165, 1.54) is 60.7 Å². The molecule has 1 aliphatic carbocycles. The first-order valence-corrected chi connectivity index (χ1v) is 26.4. The van der Waals surface area contributed by atoms with Crippen LogP contribution in [0, 0.1) is 48.8 Å². The van der Waals surface area contributed by atoms with Crippen molar-refractivity contribution in [2.45, 2.75) is 33.6 Å². The molecule has 0 bridgehead atoms. The Morgan fingerprint density at radius 1 is 0.478 bits per heavy atom. The smallest absolute Gasteiger partial charge is 0.870 e. The molecule has 0 saturated heterocycles. The molecule has 0 saturated carbocycles. The van der Waals surface area contributed by atoms with Crippen molar-refractivity contribution in [1.29, 1.82) is 0 Å². The number of aromatic nitrogens is 2. The van der Waals surface area contributed by atoms with Gasteiger partial charge in [0, 0.05) is 68.1 Å². The number of halogens is 6. The van der Waals surface area contributed by atoms with E-state index in [0.29, 0.717) is 90.0 Å². The van der Waals surface area contributed by atoms with Gasteiger partial charge in [-0.25, -0.2) is 41.1 Å². The minimum atomic E-state index is -1.39. The van der Waals surface area contributed by atoms with Crippen LogP contribution in [-0.4, -0.2) is 55.3 Å². The topological polar surface area (TPSA) is 214 Å². The molecule has 20 heteroatoms. The molecule has 12 rings (SSSR count). The summed E-state index contributed by atoms with van der Waals surface area (Å²) in [6.07, 6.45) is 0.605.